The van der Waals surface area contributed by atoms with Gasteiger partial charge in [0.1, 0.15) is 0 Å². The van der Waals surface area contributed by atoms with Crippen molar-refractivity contribution in [1.82, 2.24) is 0 Å². The Morgan fingerprint density at radius 2 is 2.30 bits per heavy atom. The summed E-state index contributed by atoms with van der Waals surface area (Å²) in [6, 6.07) is 0. The highest BCUT2D eigenvalue weighted by Crippen LogP contribution is 2.73. The summed E-state index contributed by atoms with van der Waals surface area (Å²) in [5.41, 5.74) is 0.682. The largest absolute Gasteiger partial charge is 0.122 e. The Bertz CT molecular complexity index is 189. The van der Waals surface area contributed by atoms with Gasteiger partial charge >= 0.3 is 0 Å². The van der Waals surface area contributed by atoms with Crippen LogP contribution in [0.5, 0.6) is 0 Å². The molecular formula is C9H13Cl. The molecule has 10 heavy (non-hydrogen) atoms. The number of fused-ring (bicyclic) bond motifs is 5. The molecule has 56 valence electrons. The zero-order valence-electron chi connectivity index (χ0n) is 6.31. The molecule has 5 atom stereocenters. The summed E-state index contributed by atoms with van der Waals surface area (Å²) in [5, 5.41) is 0.575. The highest BCUT2D eigenvalue weighted by atomic mass is 35.5. The van der Waals surface area contributed by atoms with Crippen LogP contribution in [0, 0.1) is 23.2 Å². The molecule has 5 unspecified atom stereocenters. The Balaban J connectivity index is 2.01. The molecule has 0 aliphatic heterocycles. The summed E-state index contributed by atoms with van der Waals surface area (Å²) < 4.78 is 0. The Kier molecular flexibility index (Phi) is 0.828. The van der Waals surface area contributed by atoms with Crippen LogP contribution in [0.25, 0.3) is 0 Å². The van der Waals surface area contributed by atoms with Crippen LogP contribution in [0.4, 0.5) is 0 Å². The van der Waals surface area contributed by atoms with E-state index < -0.39 is 0 Å². The van der Waals surface area contributed by atoms with E-state index in [1.54, 1.807) is 0 Å². The fraction of sp³-hybridized carbons (Fsp3) is 1.00. The maximum absolute atomic E-state index is 6.17. The summed E-state index contributed by atoms with van der Waals surface area (Å²) in [6.07, 6.45) is 4.43. The maximum atomic E-state index is 6.17. The third-order valence-electron chi connectivity index (χ3n) is 4.15. The molecule has 3 saturated carbocycles. The van der Waals surface area contributed by atoms with E-state index in [1.165, 1.54) is 19.3 Å². The number of hydrogen-bond donors (Lipinski definition) is 0. The van der Waals surface area contributed by atoms with Crippen molar-refractivity contribution < 1.29 is 0 Å². The van der Waals surface area contributed by atoms with Gasteiger partial charge < -0.3 is 0 Å². The Morgan fingerprint density at radius 1 is 1.50 bits per heavy atom. The van der Waals surface area contributed by atoms with E-state index in [4.69, 9.17) is 11.6 Å². The first kappa shape index (κ1) is 5.88. The van der Waals surface area contributed by atoms with Gasteiger partial charge in [0.25, 0.3) is 0 Å². The van der Waals surface area contributed by atoms with Crippen molar-refractivity contribution in [1.29, 1.82) is 0 Å². The molecule has 3 aliphatic rings. The van der Waals surface area contributed by atoms with Gasteiger partial charge in [-0.2, -0.15) is 0 Å². The summed E-state index contributed by atoms with van der Waals surface area (Å²) in [4.78, 5) is 0. The minimum atomic E-state index is 0.575. The van der Waals surface area contributed by atoms with Crippen molar-refractivity contribution in [2.24, 2.45) is 23.2 Å². The SMILES string of the molecule is CC12CCC(C1)C1C(Cl)C12. The highest BCUT2D eigenvalue weighted by molar-refractivity contribution is 6.23. The van der Waals surface area contributed by atoms with Crippen molar-refractivity contribution in [2.75, 3.05) is 0 Å². The first-order chi connectivity index (χ1) is 4.72. The van der Waals surface area contributed by atoms with Gasteiger partial charge in [0.2, 0.25) is 0 Å². The van der Waals surface area contributed by atoms with E-state index >= 15 is 0 Å². The zero-order valence-corrected chi connectivity index (χ0v) is 7.06. The normalized spacial score (nSPS) is 70.2. The van der Waals surface area contributed by atoms with Gasteiger partial charge in [-0.1, -0.05) is 6.92 Å². The molecule has 0 aromatic heterocycles. The first-order valence-corrected chi connectivity index (χ1v) is 4.80. The van der Waals surface area contributed by atoms with Gasteiger partial charge in [-0.25, -0.2) is 0 Å². The third-order valence-corrected chi connectivity index (χ3v) is 4.71. The second-order valence-electron chi connectivity index (χ2n) is 4.70. The van der Waals surface area contributed by atoms with Crippen molar-refractivity contribution in [2.45, 2.75) is 31.6 Å². The molecule has 1 heteroatoms. The smallest absolute Gasteiger partial charge is 0.0406 e. The monoisotopic (exact) mass is 156 g/mol. The fourth-order valence-electron chi connectivity index (χ4n) is 3.65. The molecule has 0 radical (unpaired) electrons. The van der Waals surface area contributed by atoms with Crippen LogP contribution in [-0.2, 0) is 0 Å². The van der Waals surface area contributed by atoms with Crippen LogP contribution < -0.4 is 0 Å². The molecule has 3 aliphatic carbocycles. The minimum absolute atomic E-state index is 0.575. The van der Waals surface area contributed by atoms with Crippen LogP contribution in [0.15, 0.2) is 0 Å². The maximum Gasteiger partial charge on any atom is 0.0406 e. The van der Waals surface area contributed by atoms with Crippen molar-refractivity contribution in [3.8, 4) is 0 Å². The van der Waals surface area contributed by atoms with E-state index in [9.17, 15) is 0 Å². The van der Waals surface area contributed by atoms with Gasteiger partial charge in [0, 0.05) is 5.38 Å². The average Bonchev–Trinajstić information content (AvgIpc) is 2.37. The van der Waals surface area contributed by atoms with Gasteiger partial charge in [0.15, 0.2) is 0 Å². The quantitative estimate of drug-likeness (QED) is 0.473. The molecular weight excluding hydrogens is 144 g/mol. The van der Waals surface area contributed by atoms with Crippen molar-refractivity contribution in [3.63, 3.8) is 0 Å². The topological polar surface area (TPSA) is 0 Å². The molecule has 0 spiro atoms. The number of halogens is 1. The fourth-order valence-corrected chi connectivity index (χ4v) is 4.40. The molecule has 0 aromatic rings. The number of alkyl halides is 1. The molecule has 3 fully saturated rings. The third kappa shape index (κ3) is 0.450. The predicted molar refractivity (Wildman–Crippen MR) is 42.1 cm³/mol. The molecule has 0 amide bonds. The van der Waals surface area contributed by atoms with E-state index in [2.05, 4.69) is 6.92 Å². The second-order valence-corrected chi connectivity index (χ2v) is 5.21. The van der Waals surface area contributed by atoms with Gasteiger partial charge in [-0.3, -0.25) is 0 Å². The molecule has 0 N–H and O–H groups in total. The Morgan fingerprint density at radius 3 is 2.80 bits per heavy atom. The summed E-state index contributed by atoms with van der Waals surface area (Å²) in [7, 11) is 0. The first-order valence-electron chi connectivity index (χ1n) is 4.36. The number of rotatable bonds is 0. The van der Waals surface area contributed by atoms with E-state index in [0.29, 0.717) is 10.8 Å². The summed E-state index contributed by atoms with van der Waals surface area (Å²) in [5.74, 6) is 2.89. The molecule has 3 rings (SSSR count). The lowest BCUT2D eigenvalue weighted by atomic mass is 9.85. The zero-order chi connectivity index (χ0) is 6.93. The van der Waals surface area contributed by atoms with Crippen LogP contribution in [0.1, 0.15) is 26.2 Å². The van der Waals surface area contributed by atoms with Gasteiger partial charge in [0.05, 0.1) is 0 Å². The molecule has 0 saturated heterocycles. The average molecular weight is 157 g/mol. The van der Waals surface area contributed by atoms with Crippen LogP contribution in [0.2, 0.25) is 0 Å². The van der Waals surface area contributed by atoms with Crippen LogP contribution >= 0.6 is 11.6 Å². The second kappa shape index (κ2) is 1.41. The van der Waals surface area contributed by atoms with Crippen molar-refractivity contribution >= 4 is 11.6 Å². The minimum Gasteiger partial charge on any atom is -0.122 e. The lowest BCUT2D eigenvalue weighted by molar-refractivity contribution is 0.296. The standard InChI is InChI=1S/C9H13Cl/c1-9-3-2-5(4-9)6-7(9)8(6)10/h5-8H,2-4H2,1H3. The van der Waals surface area contributed by atoms with Crippen LogP contribution in [-0.4, -0.2) is 5.38 Å². The highest BCUT2D eigenvalue weighted by Gasteiger charge is 2.69. The van der Waals surface area contributed by atoms with E-state index in [0.717, 1.165) is 17.8 Å². The Labute approximate surface area is 66.9 Å². The lowest BCUT2D eigenvalue weighted by Gasteiger charge is -2.21. The van der Waals surface area contributed by atoms with Crippen LogP contribution in [0.3, 0.4) is 0 Å². The number of hydrogen-bond acceptors (Lipinski definition) is 0. The summed E-state index contributed by atoms with van der Waals surface area (Å²) >= 11 is 6.17. The Hall–Kier alpha value is 0.290. The molecule has 2 bridgehead atoms. The molecule has 0 heterocycles. The molecule has 0 nitrogen and oxygen atoms in total. The van der Waals surface area contributed by atoms with Gasteiger partial charge in [-0.05, 0) is 42.4 Å². The lowest BCUT2D eigenvalue weighted by Crippen LogP contribution is -2.13. The van der Waals surface area contributed by atoms with Crippen molar-refractivity contribution in [3.05, 3.63) is 0 Å². The van der Waals surface area contributed by atoms with E-state index in [-0.39, 0.29) is 0 Å². The van der Waals surface area contributed by atoms with Gasteiger partial charge in [-0.15, -0.1) is 11.6 Å². The molecule has 0 aromatic carbocycles. The predicted octanol–water partition coefficient (Wildman–Crippen LogP) is 2.66. The van der Waals surface area contributed by atoms with E-state index in [1.807, 2.05) is 0 Å². The summed E-state index contributed by atoms with van der Waals surface area (Å²) in [6.45, 7) is 2.44.